The van der Waals surface area contributed by atoms with E-state index in [0.29, 0.717) is 5.75 Å². The summed E-state index contributed by atoms with van der Waals surface area (Å²) in [5.41, 5.74) is 1.32. The zero-order valence-electron chi connectivity index (χ0n) is 10.2. The van der Waals surface area contributed by atoms with Crippen molar-refractivity contribution >= 4 is 50.2 Å². The zero-order valence-corrected chi connectivity index (χ0v) is 10.2. The first-order valence-corrected chi connectivity index (χ1v) is 5.49. The van der Waals surface area contributed by atoms with E-state index in [2.05, 4.69) is 30.6 Å². The molecule has 3 N–H and O–H groups in total. The molecule has 2 rings (SSSR count). The molecule has 0 saturated carbocycles. The van der Waals surface area contributed by atoms with Gasteiger partial charge in [0.2, 0.25) is 0 Å². The second kappa shape index (κ2) is 11.1. The van der Waals surface area contributed by atoms with Gasteiger partial charge in [-0.3, -0.25) is 4.76 Å². The van der Waals surface area contributed by atoms with E-state index in [9.17, 15) is 0 Å². The third-order valence-electron chi connectivity index (χ3n) is 2.04. The fourth-order valence-electron chi connectivity index (χ4n) is 1.18. The summed E-state index contributed by atoms with van der Waals surface area (Å²) in [7, 11) is 0.678. The molecule has 4 nitrogen and oxygen atoms in total. The Morgan fingerprint density at radius 3 is 1.79 bits per heavy atom. The molecule has 94 valence electrons. The van der Waals surface area contributed by atoms with Crippen LogP contribution < -0.4 is 16.0 Å². The van der Waals surface area contributed by atoms with Crippen molar-refractivity contribution in [3.05, 3.63) is 60.7 Å². The van der Waals surface area contributed by atoms with Crippen LogP contribution in [0.3, 0.4) is 0 Å². The summed E-state index contributed by atoms with van der Waals surface area (Å²) >= 11 is 0. The Balaban J connectivity index is 0.000000352. The van der Waals surface area contributed by atoms with Crippen LogP contribution in [-0.4, -0.2) is 49.7 Å². The van der Waals surface area contributed by atoms with E-state index in [1.54, 1.807) is 24.3 Å². The van der Waals surface area contributed by atoms with E-state index < -0.39 is 7.32 Å². The van der Waals surface area contributed by atoms with Crippen LogP contribution in [-0.2, 0) is 4.76 Å². The van der Waals surface area contributed by atoms with Crippen molar-refractivity contribution in [2.24, 2.45) is 5.90 Å². The van der Waals surface area contributed by atoms with Gasteiger partial charge in [-0.15, -0.1) is 0 Å². The molecular formula is C12H16B2NNaO3. The average molecular weight is 267 g/mol. The fourth-order valence-corrected chi connectivity index (χ4v) is 1.18. The fraction of sp³-hybridized carbons (Fsp3) is 0. The Kier molecular flexibility index (Phi) is 10.7. The summed E-state index contributed by atoms with van der Waals surface area (Å²) in [5, 5.41) is 8.74. The maximum absolute atomic E-state index is 8.74. The predicted molar refractivity (Wildman–Crippen MR) is 82.1 cm³/mol. The first-order chi connectivity index (χ1) is 8.72. The Labute approximate surface area is 136 Å². The van der Waals surface area contributed by atoms with E-state index in [4.69, 9.17) is 9.68 Å². The van der Waals surface area contributed by atoms with Crippen LogP contribution in [0.1, 0.15) is 0 Å². The minimum absolute atomic E-state index is 0. The summed E-state index contributed by atoms with van der Waals surface area (Å²) in [4.78, 5) is 0. The molecule has 0 aliphatic heterocycles. The molecule has 2 aromatic carbocycles. The summed E-state index contributed by atoms with van der Waals surface area (Å²) in [6.07, 6.45) is 0. The monoisotopic (exact) mass is 267 g/mol. The van der Waals surface area contributed by atoms with Crippen molar-refractivity contribution < 1.29 is 14.4 Å². The number of rotatable bonds is 3. The quantitative estimate of drug-likeness (QED) is 0.566. The van der Waals surface area contributed by atoms with Gasteiger partial charge in [0.1, 0.15) is 13.6 Å². The van der Waals surface area contributed by atoms with Crippen LogP contribution in [0.15, 0.2) is 60.7 Å². The molecule has 0 spiro atoms. The minimum atomic E-state index is -1.41. The Hall–Kier alpha value is -0.750. The molecule has 19 heavy (non-hydrogen) atoms. The molecular weight excluding hydrogens is 251 g/mol. The summed E-state index contributed by atoms with van der Waals surface area (Å²) in [5.74, 6) is 5.15. The van der Waals surface area contributed by atoms with Crippen molar-refractivity contribution in [2.45, 2.75) is 0 Å². The van der Waals surface area contributed by atoms with Gasteiger partial charge in [0.15, 0.2) is 0 Å². The van der Waals surface area contributed by atoms with Gasteiger partial charge in [0, 0.05) is 0 Å². The van der Waals surface area contributed by atoms with Crippen LogP contribution in [0, 0.1) is 0 Å². The number of hydrogen-bond donors (Lipinski definition) is 2. The first kappa shape index (κ1) is 18.2. The Bertz CT molecular complexity index is 434. The molecule has 0 fully saturated rings. The topological polar surface area (TPSA) is 64.7 Å². The third-order valence-corrected chi connectivity index (χ3v) is 2.04. The first-order valence-electron chi connectivity index (χ1n) is 5.49. The maximum atomic E-state index is 8.74. The van der Waals surface area contributed by atoms with Crippen molar-refractivity contribution in [1.29, 1.82) is 0 Å². The van der Waals surface area contributed by atoms with Crippen LogP contribution >= 0.6 is 0 Å². The van der Waals surface area contributed by atoms with E-state index in [0.717, 1.165) is 0 Å². The van der Waals surface area contributed by atoms with E-state index in [1.807, 2.05) is 24.3 Å². The molecule has 0 heterocycles. The molecule has 7 heteroatoms. The second-order valence-electron chi connectivity index (χ2n) is 3.53. The van der Waals surface area contributed by atoms with Gasteiger partial charge in [-0.05, 0) is 12.1 Å². The van der Waals surface area contributed by atoms with Gasteiger partial charge in [0.05, 0.1) is 0 Å². The van der Waals surface area contributed by atoms with Crippen LogP contribution in [0.2, 0.25) is 0 Å². The summed E-state index contributed by atoms with van der Waals surface area (Å²) < 4.78 is 8.76. The van der Waals surface area contributed by atoms with Crippen molar-refractivity contribution in [2.75, 3.05) is 0 Å². The van der Waals surface area contributed by atoms with E-state index in [1.165, 1.54) is 5.46 Å². The Morgan fingerprint density at radius 1 is 0.947 bits per heavy atom. The number of benzene rings is 2. The molecule has 0 unspecified atom stereocenters. The SMILES string of the molecule is Bc1ccccc1.NOB(O)Oc1ccccc1.[NaH]. The standard InChI is InChI=1S/C6H8BNO3.C6H7B.Na.H/c8-11-7(9)10-6-4-2-1-3-5-6;7-6-4-2-1-3-5-6;;/h1-5,9H,8H2;1-5H,7H2;;. The van der Waals surface area contributed by atoms with Crippen molar-refractivity contribution in [3.63, 3.8) is 0 Å². The van der Waals surface area contributed by atoms with Crippen LogP contribution in [0.4, 0.5) is 0 Å². The van der Waals surface area contributed by atoms with Crippen molar-refractivity contribution in [3.8, 4) is 5.75 Å². The second-order valence-corrected chi connectivity index (χ2v) is 3.53. The van der Waals surface area contributed by atoms with E-state index in [-0.39, 0.29) is 29.6 Å². The molecule has 0 aliphatic rings. The molecule has 0 aromatic heterocycles. The molecule has 2 aromatic rings. The third kappa shape index (κ3) is 8.88. The molecule has 0 radical (unpaired) electrons. The average Bonchev–Trinajstić information content (AvgIpc) is 2.41. The van der Waals surface area contributed by atoms with E-state index >= 15 is 0 Å². The normalized spacial score (nSPS) is 8.53. The predicted octanol–water partition coefficient (Wildman–Crippen LogP) is -0.771. The van der Waals surface area contributed by atoms with Gasteiger partial charge < -0.3 is 9.68 Å². The molecule has 0 aliphatic carbocycles. The number of para-hydroxylation sites is 1. The molecule has 0 atom stereocenters. The summed E-state index contributed by atoms with van der Waals surface area (Å²) in [6, 6.07) is 19.0. The van der Waals surface area contributed by atoms with Crippen molar-refractivity contribution in [1.82, 2.24) is 0 Å². The van der Waals surface area contributed by atoms with Gasteiger partial charge in [-0.25, -0.2) is 5.90 Å². The summed E-state index contributed by atoms with van der Waals surface area (Å²) in [6.45, 7) is 0. The van der Waals surface area contributed by atoms with Gasteiger partial charge >= 0.3 is 36.9 Å². The Morgan fingerprint density at radius 2 is 1.42 bits per heavy atom. The van der Waals surface area contributed by atoms with Gasteiger partial charge in [-0.2, -0.15) is 0 Å². The van der Waals surface area contributed by atoms with Gasteiger partial charge in [-0.1, -0.05) is 54.0 Å². The van der Waals surface area contributed by atoms with Gasteiger partial charge in [0.25, 0.3) is 0 Å². The number of hydrogen-bond acceptors (Lipinski definition) is 4. The molecule has 0 bridgehead atoms. The van der Waals surface area contributed by atoms with Crippen LogP contribution in [0.25, 0.3) is 0 Å². The molecule has 0 saturated heterocycles. The van der Waals surface area contributed by atoms with Crippen LogP contribution in [0.5, 0.6) is 5.75 Å². The zero-order chi connectivity index (χ0) is 13.2. The molecule has 0 amide bonds. The number of nitrogens with two attached hydrogens (primary N) is 1.